The Morgan fingerprint density at radius 1 is 0.969 bits per heavy atom. The number of H-pyrrole nitrogens is 1. The molecule has 0 aliphatic carbocycles. The van der Waals surface area contributed by atoms with E-state index in [-0.39, 0.29) is 0 Å². The fourth-order valence-corrected chi connectivity index (χ4v) is 3.42. The first-order valence-corrected chi connectivity index (χ1v) is 10.6. The van der Waals surface area contributed by atoms with Gasteiger partial charge in [-0.3, -0.25) is 0 Å². The molecule has 0 aliphatic heterocycles. The monoisotopic (exact) mass is 423 g/mol. The number of hydrogen-bond donors (Lipinski definition) is 1. The Morgan fingerprint density at radius 2 is 1.75 bits per heavy atom. The molecule has 5 heteroatoms. The second-order valence-corrected chi connectivity index (χ2v) is 7.69. The molecular formula is C27H25N3O2. The minimum atomic E-state index is 0.453. The molecule has 0 atom stereocenters. The van der Waals surface area contributed by atoms with Crippen LogP contribution in [-0.2, 0) is 6.61 Å². The zero-order valence-corrected chi connectivity index (χ0v) is 18.5. The number of aromatic amines is 1. The number of aryl methyl sites for hydroxylation is 2. The molecule has 1 N–H and O–H groups in total. The van der Waals surface area contributed by atoms with Crippen molar-refractivity contribution in [1.82, 2.24) is 9.97 Å². The van der Waals surface area contributed by atoms with Gasteiger partial charge in [-0.05, 0) is 67.8 Å². The lowest BCUT2D eigenvalue weighted by atomic mass is 10.1. The van der Waals surface area contributed by atoms with E-state index in [0.29, 0.717) is 36.1 Å². The first kappa shape index (κ1) is 21.2. The van der Waals surface area contributed by atoms with E-state index in [1.165, 1.54) is 5.56 Å². The van der Waals surface area contributed by atoms with Gasteiger partial charge in [-0.25, -0.2) is 4.98 Å². The first-order valence-electron chi connectivity index (χ1n) is 10.6. The summed E-state index contributed by atoms with van der Waals surface area (Å²) in [7, 11) is 0. The van der Waals surface area contributed by atoms with Crippen molar-refractivity contribution < 1.29 is 9.47 Å². The highest BCUT2D eigenvalue weighted by Gasteiger charge is 2.11. The number of nitrogens with zero attached hydrogens (tertiary/aromatic N) is 2. The molecule has 0 saturated carbocycles. The summed E-state index contributed by atoms with van der Waals surface area (Å²) in [6.07, 6.45) is 1.80. The Hall–Kier alpha value is -4.04. The Morgan fingerprint density at radius 3 is 2.50 bits per heavy atom. The zero-order chi connectivity index (χ0) is 22.5. The topological polar surface area (TPSA) is 70.9 Å². The molecule has 5 nitrogen and oxygen atoms in total. The number of benzene rings is 3. The first-order chi connectivity index (χ1) is 15.6. The number of nitrogens with one attached hydrogen (secondary N) is 1. The van der Waals surface area contributed by atoms with Gasteiger partial charge in [-0.1, -0.05) is 42.0 Å². The van der Waals surface area contributed by atoms with E-state index in [9.17, 15) is 5.26 Å². The van der Waals surface area contributed by atoms with Crippen molar-refractivity contribution in [2.45, 2.75) is 27.4 Å². The van der Waals surface area contributed by atoms with E-state index >= 15 is 0 Å². The summed E-state index contributed by atoms with van der Waals surface area (Å²) in [5, 5.41) is 9.74. The zero-order valence-electron chi connectivity index (χ0n) is 18.5. The molecule has 3 aromatic carbocycles. The molecule has 4 rings (SSSR count). The number of aromatic nitrogens is 2. The smallest absolute Gasteiger partial charge is 0.161 e. The molecule has 1 heterocycles. The second kappa shape index (κ2) is 9.40. The molecule has 4 aromatic rings. The lowest BCUT2D eigenvalue weighted by Gasteiger charge is -2.13. The fourth-order valence-electron chi connectivity index (χ4n) is 3.42. The van der Waals surface area contributed by atoms with Gasteiger partial charge in [0.1, 0.15) is 18.5 Å². The molecule has 0 bridgehead atoms. The largest absolute Gasteiger partial charge is 0.490 e. The molecule has 32 heavy (non-hydrogen) atoms. The van der Waals surface area contributed by atoms with E-state index in [1.54, 1.807) is 6.08 Å². The van der Waals surface area contributed by atoms with Crippen LogP contribution in [0.4, 0.5) is 0 Å². The lowest BCUT2D eigenvalue weighted by Crippen LogP contribution is -2.00. The van der Waals surface area contributed by atoms with Gasteiger partial charge >= 0.3 is 0 Å². The number of fused-ring (bicyclic) bond motifs is 1. The second-order valence-electron chi connectivity index (χ2n) is 7.69. The minimum Gasteiger partial charge on any atom is -0.490 e. The van der Waals surface area contributed by atoms with Crippen molar-refractivity contribution >= 4 is 22.7 Å². The SMILES string of the molecule is CCOc1cc(C=C(C#N)c2nc3ccc(C)cc3[nH]2)ccc1OCc1ccc(C)cc1. The van der Waals surface area contributed by atoms with Crippen LogP contribution in [0.1, 0.15) is 35.0 Å². The van der Waals surface area contributed by atoms with Gasteiger partial charge in [0.15, 0.2) is 11.5 Å². The maximum absolute atomic E-state index is 9.74. The van der Waals surface area contributed by atoms with Crippen LogP contribution in [0.2, 0.25) is 0 Å². The van der Waals surface area contributed by atoms with Gasteiger partial charge in [0.2, 0.25) is 0 Å². The normalized spacial score (nSPS) is 11.4. The fraction of sp³-hybridized carbons (Fsp3) is 0.185. The van der Waals surface area contributed by atoms with E-state index in [1.807, 2.05) is 50.2 Å². The summed E-state index contributed by atoms with van der Waals surface area (Å²) in [6, 6.07) is 22.2. The average molecular weight is 424 g/mol. The van der Waals surface area contributed by atoms with Crippen LogP contribution in [0.25, 0.3) is 22.7 Å². The number of imidazole rings is 1. The molecular weight excluding hydrogens is 398 g/mol. The van der Waals surface area contributed by atoms with Gasteiger partial charge < -0.3 is 14.5 Å². The molecule has 0 fully saturated rings. The van der Waals surface area contributed by atoms with Crippen LogP contribution >= 0.6 is 0 Å². The van der Waals surface area contributed by atoms with Gasteiger partial charge in [0.25, 0.3) is 0 Å². The standard InChI is InChI=1S/C27H25N3O2/c1-4-31-26-15-21(10-12-25(26)32-17-20-8-5-18(2)6-9-20)14-22(16-28)27-29-23-11-7-19(3)13-24(23)30-27/h5-15H,4,17H2,1-3H3,(H,29,30). The Bertz CT molecular complexity index is 1310. The highest BCUT2D eigenvalue weighted by molar-refractivity contribution is 5.90. The summed E-state index contributed by atoms with van der Waals surface area (Å²) < 4.78 is 11.8. The minimum absolute atomic E-state index is 0.453. The maximum atomic E-state index is 9.74. The number of allylic oxidation sites excluding steroid dienone is 1. The number of rotatable bonds is 7. The van der Waals surface area contributed by atoms with Crippen LogP contribution in [0.3, 0.4) is 0 Å². The third-order valence-corrected chi connectivity index (χ3v) is 5.11. The van der Waals surface area contributed by atoms with Crippen molar-refractivity contribution in [2.24, 2.45) is 0 Å². The number of ether oxygens (including phenoxy) is 2. The van der Waals surface area contributed by atoms with E-state index in [4.69, 9.17) is 9.47 Å². The molecule has 0 aliphatic rings. The number of nitriles is 1. The Balaban J connectivity index is 1.60. The summed E-state index contributed by atoms with van der Waals surface area (Å²) in [5.74, 6) is 1.86. The molecule has 0 spiro atoms. The molecule has 160 valence electrons. The molecule has 0 amide bonds. The van der Waals surface area contributed by atoms with Crippen molar-refractivity contribution in [1.29, 1.82) is 5.26 Å². The summed E-state index contributed by atoms with van der Waals surface area (Å²) in [5.41, 5.74) is 6.48. The van der Waals surface area contributed by atoms with Gasteiger partial charge in [0.05, 0.1) is 23.2 Å². The quantitative estimate of drug-likeness (QED) is 0.358. The van der Waals surface area contributed by atoms with Gasteiger partial charge in [-0.2, -0.15) is 5.26 Å². The average Bonchev–Trinajstić information content (AvgIpc) is 3.21. The van der Waals surface area contributed by atoms with Crippen LogP contribution in [0.5, 0.6) is 11.5 Å². The third-order valence-electron chi connectivity index (χ3n) is 5.11. The van der Waals surface area contributed by atoms with Gasteiger partial charge in [-0.15, -0.1) is 0 Å². The van der Waals surface area contributed by atoms with E-state index in [0.717, 1.165) is 27.7 Å². The van der Waals surface area contributed by atoms with Crippen LogP contribution in [0.15, 0.2) is 60.7 Å². The maximum Gasteiger partial charge on any atom is 0.161 e. The molecule has 1 aromatic heterocycles. The van der Waals surface area contributed by atoms with Crippen LogP contribution in [-0.4, -0.2) is 16.6 Å². The van der Waals surface area contributed by atoms with Gasteiger partial charge in [0, 0.05) is 0 Å². The highest BCUT2D eigenvalue weighted by atomic mass is 16.5. The molecule has 0 unspecified atom stereocenters. The van der Waals surface area contributed by atoms with E-state index < -0.39 is 0 Å². The summed E-state index contributed by atoms with van der Waals surface area (Å²) in [6.45, 7) is 6.99. The Labute approximate surface area is 188 Å². The highest BCUT2D eigenvalue weighted by Crippen LogP contribution is 2.31. The van der Waals surface area contributed by atoms with Crippen molar-refractivity contribution in [3.8, 4) is 17.6 Å². The van der Waals surface area contributed by atoms with Crippen molar-refractivity contribution in [2.75, 3.05) is 6.61 Å². The van der Waals surface area contributed by atoms with Crippen molar-refractivity contribution in [3.63, 3.8) is 0 Å². The predicted molar refractivity (Wildman–Crippen MR) is 127 cm³/mol. The summed E-state index contributed by atoms with van der Waals surface area (Å²) in [4.78, 5) is 7.81. The predicted octanol–water partition coefficient (Wildman–Crippen LogP) is 6.22. The third kappa shape index (κ3) is 4.81. The van der Waals surface area contributed by atoms with E-state index in [2.05, 4.69) is 47.2 Å². The Kier molecular flexibility index (Phi) is 6.23. The van der Waals surface area contributed by atoms with Crippen LogP contribution < -0.4 is 9.47 Å². The number of hydrogen-bond acceptors (Lipinski definition) is 4. The summed E-state index contributed by atoms with van der Waals surface area (Å²) >= 11 is 0. The van der Waals surface area contributed by atoms with Crippen molar-refractivity contribution in [3.05, 3.63) is 88.7 Å². The molecule has 0 saturated heterocycles. The molecule has 0 radical (unpaired) electrons. The van der Waals surface area contributed by atoms with Crippen LogP contribution in [0, 0.1) is 25.2 Å². The lowest BCUT2D eigenvalue weighted by molar-refractivity contribution is 0.269.